The van der Waals surface area contributed by atoms with Crippen molar-refractivity contribution in [2.45, 2.75) is 65.3 Å². The quantitative estimate of drug-likeness (QED) is 0.291. The minimum atomic E-state index is -0.492. The molecule has 1 aliphatic rings. The molecule has 0 saturated carbocycles. The highest BCUT2D eigenvalue weighted by Gasteiger charge is 2.42. The zero-order valence-corrected chi connectivity index (χ0v) is 20.9. The molecule has 3 aromatic rings. The number of benzene rings is 2. The van der Waals surface area contributed by atoms with E-state index >= 15 is 0 Å². The van der Waals surface area contributed by atoms with Gasteiger partial charge in [-0.1, -0.05) is 63.3 Å². The maximum absolute atomic E-state index is 13.6. The largest absolute Gasteiger partial charge is 0.494 e. The number of hydrogen-bond donors (Lipinski definition) is 0. The first-order valence-corrected chi connectivity index (χ1v) is 12.6. The molecule has 1 atom stereocenters. The van der Waals surface area contributed by atoms with Crippen LogP contribution < -0.4 is 10.2 Å². The van der Waals surface area contributed by atoms with Crippen molar-refractivity contribution in [3.8, 4) is 5.75 Å². The lowest BCUT2D eigenvalue weighted by molar-refractivity contribution is 0.0725. The fraction of sp³-hybridized carbons (Fsp3) is 0.429. The zero-order chi connectivity index (χ0) is 24.2. The van der Waals surface area contributed by atoms with Gasteiger partial charge in [0.15, 0.2) is 5.43 Å². The molecule has 180 valence electrons. The number of halogens is 1. The summed E-state index contributed by atoms with van der Waals surface area (Å²) in [5.74, 6) is 0.686. The van der Waals surface area contributed by atoms with Gasteiger partial charge in [0.25, 0.3) is 5.91 Å². The van der Waals surface area contributed by atoms with Crippen LogP contribution in [0.25, 0.3) is 11.0 Å². The Balaban J connectivity index is 1.71. The predicted octanol–water partition coefficient (Wildman–Crippen LogP) is 7.06. The lowest BCUT2D eigenvalue weighted by Gasteiger charge is -2.25. The Hall–Kier alpha value is -2.79. The van der Waals surface area contributed by atoms with Crippen LogP contribution in [0, 0.1) is 6.92 Å². The van der Waals surface area contributed by atoms with Crippen LogP contribution in [0.15, 0.2) is 45.6 Å². The summed E-state index contributed by atoms with van der Waals surface area (Å²) in [5, 5.41) is 0.903. The average Bonchev–Trinajstić information content (AvgIpc) is 3.11. The second-order valence-corrected chi connectivity index (χ2v) is 9.41. The van der Waals surface area contributed by atoms with Crippen molar-refractivity contribution in [2.75, 3.05) is 13.2 Å². The van der Waals surface area contributed by atoms with Gasteiger partial charge in [-0.3, -0.25) is 9.59 Å². The number of ether oxygens (including phenoxy) is 1. The van der Waals surface area contributed by atoms with Crippen LogP contribution in [0.4, 0.5) is 0 Å². The molecule has 2 aromatic carbocycles. The van der Waals surface area contributed by atoms with E-state index in [1.54, 1.807) is 17.0 Å². The van der Waals surface area contributed by atoms with E-state index < -0.39 is 6.04 Å². The molecule has 0 radical (unpaired) electrons. The highest BCUT2D eigenvalue weighted by Crippen LogP contribution is 2.39. The first kappa shape index (κ1) is 24.3. The van der Waals surface area contributed by atoms with E-state index in [0.29, 0.717) is 34.7 Å². The van der Waals surface area contributed by atoms with Crippen LogP contribution in [0.2, 0.25) is 5.02 Å². The summed E-state index contributed by atoms with van der Waals surface area (Å²) in [4.78, 5) is 28.7. The molecule has 2 heterocycles. The van der Waals surface area contributed by atoms with Crippen molar-refractivity contribution in [1.82, 2.24) is 4.90 Å². The molecule has 6 heteroatoms. The summed E-state index contributed by atoms with van der Waals surface area (Å²) >= 11 is 6.31. The molecule has 1 aliphatic heterocycles. The van der Waals surface area contributed by atoms with E-state index in [9.17, 15) is 9.59 Å². The fourth-order valence-electron chi connectivity index (χ4n) is 4.51. The van der Waals surface area contributed by atoms with Crippen molar-refractivity contribution >= 4 is 28.5 Å². The van der Waals surface area contributed by atoms with Gasteiger partial charge in [0.05, 0.1) is 23.6 Å². The van der Waals surface area contributed by atoms with Crippen molar-refractivity contribution in [3.05, 3.63) is 74.1 Å². The van der Waals surface area contributed by atoms with Gasteiger partial charge in [-0.15, -0.1) is 0 Å². The lowest BCUT2D eigenvalue weighted by Crippen LogP contribution is -2.30. The van der Waals surface area contributed by atoms with Crippen molar-refractivity contribution in [1.29, 1.82) is 0 Å². The molecule has 0 bridgehead atoms. The molecule has 0 aliphatic carbocycles. The molecule has 1 unspecified atom stereocenters. The number of amides is 1. The summed E-state index contributed by atoms with van der Waals surface area (Å²) in [5.41, 5.74) is 2.24. The van der Waals surface area contributed by atoms with E-state index in [2.05, 4.69) is 13.8 Å². The van der Waals surface area contributed by atoms with E-state index in [-0.39, 0.29) is 17.1 Å². The number of carbonyl (C=O) groups excluding carboxylic acids is 1. The van der Waals surface area contributed by atoms with E-state index in [1.807, 2.05) is 31.2 Å². The number of hydrogen-bond acceptors (Lipinski definition) is 4. The summed E-state index contributed by atoms with van der Waals surface area (Å²) in [6.07, 6.45) is 6.38. The molecule has 0 N–H and O–H groups in total. The van der Waals surface area contributed by atoms with Crippen molar-refractivity contribution < 1.29 is 13.9 Å². The molecule has 1 amide bonds. The number of fused-ring (bicyclic) bond motifs is 2. The normalized spacial score (nSPS) is 15.2. The first-order chi connectivity index (χ1) is 16.5. The monoisotopic (exact) mass is 481 g/mol. The minimum absolute atomic E-state index is 0.136. The lowest BCUT2D eigenvalue weighted by atomic mass is 9.98. The van der Waals surface area contributed by atoms with E-state index in [4.69, 9.17) is 20.8 Å². The topological polar surface area (TPSA) is 59.8 Å². The summed E-state index contributed by atoms with van der Waals surface area (Å²) < 4.78 is 11.9. The molecular weight excluding hydrogens is 450 g/mol. The summed E-state index contributed by atoms with van der Waals surface area (Å²) in [7, 11) is 0. The number of carbonyl (C=O) groups is 1. The number of aryl methyl sites for hydroxylation is 1. The number of nitrogens with zero attached hydrogens (tertiary/aromatic N) is 1. The standard InChI is InChI=1S/C28H32ClNO4/c1-4-6-8-9-15-33-20-12-10-19(11-13-20)25-24-26(31)21-17-22(29)18(3)16-23(21)34-27(24)28(32)30(25)14-7-5-2/h10-13,16-17,25H,4-9,14-15H2,1-3H3. The highest BCUT2D eigenvalue weighted by molar-refractivity contribution is 6.32. The summed E-state index contributed by atoms with van der Waals surface area (Å²) in [6.45, 7) is 7.35. The van der Waals surface area contributed by atoms with Gasteiger partial charge < -0.3 is 14.1 Å². The minimum Gasteiger partial charge on any atom is -0.494 e. The molecular formula is C28H32ClNO4. The van der Waals surface area contributed by atoms with Gasteiger partial charge in [-0.25, -0.2) is 0 Å². The van der Waals surface area contributed by atoms with E-state index in [1.165, 1.54) is 12.8 Å². The zero-order valence-electron chi connectivity index (χ0n) is 20.2. The number of rotatable bonds is 10. The number of unbranched alkanes of at least 4 members (excludes halogenated alkanes) is 4. The molecule has 0 saturated heterocycles. The van der Waals surface area contributed by atoms with Crippen LogP contribution in [-0.4, -0.2) is 24.0 Å². The molecule has 0 fully saturated rings. The second-order valence-electron chi connectivity index (χ2n) is 9.00. The molecule has 0 spiro atoms. The van der Waals surface area contributed by atoms with Crippen LogP contribution in [0.3, 0.4) is 0 Å². The maximum Gasteiger partial charge on any atom is 0.290 e. The Bertz CT molecular complexity index is 1230. The van der Waals surface area contributed by atoms with Crippen LogP contribution >= 0.6 is 11.6 Å². The smallest absolute Gasteiger partial charge is 0.290 e. The second kappa shape index (κ2) is 10.6. The van der Waals surface area contributed by atoms with Crippen molar-refractivity contribution in [2.24, 2.45) is 0 Å². The van der Waals surface area contributed by atoms with Gasteiger partial charge >= 0.3 is 0 Å². The van der Waals surface area contributed by atoms with Crippen LogP contribution in [-0.2, 0) is 0 Å². The van der Waals surface area contributed by atoms with Gasteiger partial charge in [0.1, 0.15) is 11.3 Å². The Kier molecular flexibility index (Phi) is 7.62. The van der Waals surface area contributed by atoms with Crippen molar-refractivity contribution in [3.63, 3.8) is 0 Å². The van der Waals surface area contributed by atoms with Crippen LogP contribution in [0.5, 0.6) is 5.75 Å². The Labute approximate surface area is 205 Å². The fourth-order valence-corrected chi connectivity index (χ4v) is 4.68. The third-order valence-corrected chi connectivity index (χ3v) is 6.87. The van der Waals surface area contributed by atoms with E-state index in [0.717, 1.165) is 42.6 Å². The Morgan fingerprint density at radius 2 is 1.74 bits per heavy atom. The van der Waals surface area contributed by atoms with Crippen LogP contribution in [0.1, 0.15) is 85.7 Å². The average molecular weight is 482 g/mol. The molecule has 5 nitrogen and oxygen atoms in total. The van der Waals surface area contributed by atoms with Gasteiger partial charge in [0, 0.05) is 11.6 Å². The summed E-state index contributed by atoms with van der Waals surface area (Å²) in [6, 6.07) is 10.6. The van der Waals surface area contributed by atoms with Gasteiger partial charge in [0.2, 0.25) is 5.76 Å². The highest BCUT2D eigenvalue weighted by atomic mass is 35.5. The van der Waals surface area contributed by atoms with Gasteiger partial charge in [-0.05, 0) is 55.2 Å². The Morgan fingerprint density at radius 3 is 2.44 bits per heavy atom. The first-order valence-electron chi connectivity index (χ1n) is 12.3. The Morgan fingerprint density at radius 1 is 1.00 bits per heavy atom. The third kappa shape index (κ3) is 4.72. The maximum atomic E-state index is 13.6. The van der Waals surface area contributed by atoms with Gasteiger partial charge in [-0.2, -0.15) is 0 Å². The predicted molar refractivity (Wildman–Crippen MR) is 136 cm³/mol. The molecule has 1 aromatic heterocycles. The third-order valence-electron chi connectivity index (χ3n) is 6.46. The molecule has 34 heavy (non-hydrogen) atoms. The molecule has 4 rings (SSSR count). The SMILES string of the molecule is CCCCCCOc1ccc(C2c3c(oc4cc(C)c(Cl)cc4c3=O)C(=O)N2CCCC)cc1.